The van der Waals surface area contributed by atoms with Crippen LogP contribution in [0.1, 0.15) is 6.92 Å². The molecule has 0 saturated carbocycles. The van der Waals surface area contributed by atoms with E-state index < -0.39 is 20.7 Å². The molecule has 0 heterocycles. The van der Waals surface area contributed by atoms with Crippen LogP contribution in [-0.2, 0) is 19.4 Å². The van der Waals surface area contributed by atoms with E-state index in [0.717, 1.165) is 0 Å². The normalized spacial score (nSPS) is 10.9. The number of esters is 1. The fourth-order valence-corrected chi connectivity index (χ4v) is 2.26. The highest BCUT2D eigenvalue weighted by Gasteiger charge is 2.25. The Kier molecular flexibility index (Phi) is 4.31. The molecule has 1 aromatic carbocycles. The van der Waals surface area contributed by atoms with Gasteiger partial charge in [-0.05, 0) is 31.2 Å². The molecule has 0 amide bonds. The molecule has 92 valence electrons. The van der Waals surface area contributed by atoms with Crippen LogP contribution in [0.15, 0.2) is 40.6 Å². The molecule has 17 heavy (non-hydrogen) atoms. The van der Waals surface area contributed by atoms with Crippen molar-refractivity contribution in [3.63, 3.8) is 0 Å². The van der Waals surface area contributed by atoms with Crippen molar-refractivity contribution in [2.45, 2.75) is 11.8 Å². The first-order valence-corrected chi connectivity index (χ1v) is 6.62. The lowest BCUT2D eigenvalue weighted by Crippen LogP contribution is -2.15. The van der Waals surface area contributed by atoms with Gasteiger partial charge in [-0.25, -0.2) is 13.2 Å². The van der Waals surface area contributed by atoms with Gasteiger partial charge in [-0.3, -0.25) is 0 Å². The SMILES string of the molecule is C=C(C(=O)OCC)S(=O)(=O)c1ccc(Cl)cc1. The Morgan fingerprint density at radius 3 is 2.35 bits per heavy atom. The predicted octanol–water partition coefficient (Wildman–Crippen LogP) is 2.19. The summed E-state index contributed by atoms with van der Waals surface area (Å²) in [5, 5.41) is 0.408. The van der Waals surface area contributed by atoms with E-state index in [0.29, 0.717) is 5.02 Å². The molecule has 0 aliphatic heterocycles. The zero-order valence-corrected chi connectivity index (χ0v) is 10.7. The summed E-state index contributed by atoms with van der Waals surface area (Å²) in [7, 11) is -3.90. The van der Waals surface area contributed by atoms with E-state index in [1.807, 2.05) is 0 Å². The van der Waals surface area contributed by atoms with Gasteiger partial charge in [0.15, 0.2) is 0 Å². The fraction of sp³-hybridized carbons (Fsp3) is 0.182. The smallest absolute Gasteiger partial charge is 0.349 e. The van der Waals surface area contributed by atoms with Crippen molar-refractivity contribution in [1.29, 1.82) is 0 Å². The van der Waals surface area contributed by atoms with E-state index >= 15 is 0 Å². The van der Waals surface area contributed by atoms with Crippen LogP contribution >= 0.6 is 11.6 Å². The van der Waals surface area contributed by atoms with Crippen molar-refractivity contribution in [2.75, 3.05) is 6.61 Å². The number of ether oxygens (including phenoxy) is 1. The molecule has 0 unspecified atom stereocenters. The number of benzene rings is 1. The van der Waals surface area contributed by atoms with Gasteiger partial charge < -0.3 is 4.74 Å². The van der Waals surface area contributed by atoms with Gasteiger partial charge in [-0.2, -0.15) is 0 Å². The largest absolute Gasteiger partial charge is 0.462 e. The van der Waals surface area contributed by atoms with Crippen LogP contribution in [0.4, 0.5) is 0 Å². The summed E-state index contributed by atoms with van der Waals surface area (Å²) in [4.78, 5) is 10.7. The average molecular weight is 275 g/mol. The maximum Gasteiger partial charge on any atom is 0.349 e. The second kappa shape index (κ2) is 5.33. The summed E-state index contributed by atoms with van der Waals surface area (Å²) in [6.07, 6.45) is 0. The van der Waals surface area contributed by atoms with Crippen LogP contribution in [-0.4, -0.2) is 21.0 Å². The molecule has 0 atom stereocenters. The van der Waals surface area contributed by atoms with Crippen molar-refractivity contribution in [3.8, 4) is 0 Å². The summed E-state index contributed by atoms with van der Waals surface area (Å²) < 4.78 is 28.4. The maximum atomic E-state index is 11.9. The molecule has 0 spiro atoms. The van der Waals surface area contributed by atoms with E-state index in [1.165, 1.54) is 24.3 Å². The topological polar surface area (TPSA) is 60.4 Å². The van der Waals surface area contributed by atoms with Crippen LogP contribution in [0.3, 0.4) is 0 Å². The van der Waals surface area contributed by atoms with Crippen molar-refractivity contribution in [1.82, 2.24) is 0 Å². The van der Waals surface area contributed by atoms with E-state index in [9.17, 15) is 13.2 Å². The summed E-state index contributed by atoms with van der Waals surface area (Å²) in [6, 6.07) is 5.46. The van der Waals surface area contributed by atoms with E-state index in [4.69, 9.17) is 11.6 Å². The van der Waals surface area contributed by atoms with E-state index in [-0.39, 0.29) is 11.5 Å². The predicted molar refractivity (Wildman–Crippen MR) is 64.4 cm³/mol. The van der Waals surface area contributed by atoms with Crippen molar-refractivity contribution in [2.24, 2.45) is 0 Å². The van der Waals surface area contributed by atoms with Crippen molar-refractivity contribution in [3.05, 3.63) is 40.8 Å². The fourth-order valence-electron chi connectivity index (χ4n) is 1.08. The quantitative estimate of drug-likeness (QED) is 0.624. The number of hydrogen-bond donors (Lipinski definition) is 0. The minimum absolute atomic E-state index is 0.0417. The summed E-state index contributed by atoms with van der Waals surface area (Å²) in [6.45, 7) is 4.92. The molecule has 0 aliphatic rings. The molecule has 1 aromatic rings. The molecule has 0 fully saturated rings. The highest BCUT2D eigenvalue weighted by Crippen LogP contribution is 2.20. The molecule has 1 rings (SSSR count). The number of carbonyl (C=O) groups excluding carboxylic acids is 1. The highest BCUT2D eigenvalue weighted by molar-refractivity contribution is 7.96. The third-order valence-corrected chi connectivity index (χ3v) is 3.91. The van der Waals surface area contributed by atoms with Crippen LogP contribution < -0.4 is 0 Å². The van der Waals surface area contributed by atoms with Crippen LogP contribution in [0.5, 0.6) is 0 Å². The molecular formula is C11H11ClO4S. The first-order chi connectivity index (χ1) is 7.89. The van der Waals surface area contributed by atoms with Gasteiger partial charge in [0.25, 0.3) is 0 Å². The van der Waals surface area contributed by atoms with Gasteiger partial charge in [-0.15, -0.1) is 0 Å². The standard InChI is InChI=1S/C11H11ClO4S/c1-3-16-11(13)8(2)17(14,15)10-6-4-9(12)5-7-10/h4-7H,2-3H2,1H3. The van der Waals surface area contributed by atoms with E-state index in [2.05, 4.69) is 11.3 Å². The lowest BCUT2D eigenvalue weighted by Gasteiger charge is -2.06. The lowest BCUT2D eigenvalue weighted by molar-refractivity contribution is -0.137. The van der Waals surface area contributed by atoms with Gasteiger partial charge >= 0.3 is 5.97 Å². The third kappa shape index (κ3) is 3.08. The van der Waals surface area contributed by atoms with Crippen molar-refractivity contribution < 1.29 is 17.9 Å². The maximum absolute atomic E-state index is 11.9. The average Bonchev–Trinajstić information content (AvgIpc) is 2.29. The Labute approximate surface area is 105 Å². The first kappa shape index (κ1) is 13.7. The second-order valence-electron chi connectivity index (χ2n) is 3.10. The molecule has 0 N–H and O–H groups in total. The molecule has 0 aromatic heterocycles. The van der Waals surface area contributed by atoms with E-state index in [1.54, 1.807) is 6.92 Å². The Hall–Kier alpha value is -1.33. The number of rotatable bonds is 4. The monoisotopic (exact) mass is 274 g/mol. The number of carbonyl (C=O) groups is 1. The summed E-state index contributed by atoms with van der Waals surface area (Å²) >= 11 is 5.64. The number of hydrogen-bond acceptors (Lipinski definition) is 4. The van der Waals surface area contributed by atoms with Crippen LogP contribution in [0, 0.1) is 0 Å². The second-order valence-corrected chi connectivity index (χ2v) is 5.51. The Morgan fingerprint density at radius 2 is 1.88 bits per heavy atom. The number of sulfone groups is 1. The molecule has 0 aliphatic carbocycles. The minimum Gasteiger partial charge on any atom is -0.462 e. The van der Waals surface area contributed by atoms with Gasteiger partial charge in [0.2, 0.25) is 9.84 Å². The molecular weight excluding hydrogens is 264 g/mol. The highest BCUT2D eigenvalue weighted by atomic mass is 35.5. The minimum atomic E-state index is -3.90. The van der Waals surface area contributed by atoms with Crippen LogP contribution in [0.25, 0.3) is 0 Å². The Morgan fingerprint density at radius 1 is 1.35 bits per heavy atom. The van der Waals surface area contributed by atoms with Gasteiger partial charge in [-0.1, -0.05) is 18.2 Å². The third-order valence-electron chi connectivity index (χ3n) is 1.95. The Bertz CT molecular complexity index is 531. The summed E-state index contributed by atoms with van der Waals surface area (Å²) in [5.41, 5.74) is 0. The number of halogens is 1. The van der Waals surface area contributed by atoms with Gasteiger partial charge in [0.1, 0.15) is 4.91 Å². The molecule has 0 saturated heterocycles. The Balaban J connectivity index is 3.07. The molecule has 6 heteroatoms. The zero-order valence-electron chi connectivity index (χ0n) is 9.14. The van der Waals surface area contributed by atoms with Gasteiger partial charge in [0.05, 0.1) is 11.5 Å². The molecule has 0 radical (unpaired) electrons. The lowest BCUT2D eigenvalue weighted by atomic mass is 10.4. The molecule has 4 nitrogen and oxygen atoms in total. The summed E-state index contributed by atoms with van der Waals surface area (Å²) in [5.74, 6) is -0.942. The van der Waals surface area contributed by atoms with Crippen molar-refractivity contribution >= 4 is 27.4 Å². The molecule has 0 bridgehead atoms. The van der Waals surface area contributed by atoms with Gasteiger partial charge in [0, 0.05) is 5.02 Å². The first-order valence-electron chi connectivity index (χ1n) is 4.76. The van der Waals surface area contributed by atoms with Crippen LogP contribution in [0.2, 0.25) is 5.02 Å². The zero-order chi connectivity index (χ0) is 13.1.